The summed E-state index contributed by atoms with van der Waals surface area (Å²) < 4.78 is 48.1. The first-order valence-electron chi connectivity index (χ1n) is 7.47. The smallest absolute Gasteiger partial charge is 0.200 e. The number of hydrogen-bond acceptors (Lipinski definition) is 9. The van der Waals surface area contributed by atoms with E-state index in [9.17, 15) is 42.4 Å². The topological polar surface area (TPSA) is 169 Å². The fourth-order valence-corrected chi connectivity index (χ4v) is 5.23. The zero-order valence-electron chi connectivity index (χ0n) is 14.1. The summed E-state index contributed by atoms with van der Waals surface area (Å²) in [5.41, 5.74) is 0.241. The molecule has 0 aromatic heterocycles. The van der Waals surface area contributed by atoms with Crippen LogP contribution in [0.4, 0.5) is 0 Å². The molecule has 0 aliphatic carbocycles. The molecule has 0 aliphatic heterocycles. The van der Waals surface area contributed by atoms with Crippen molar-refractivity contribution in [2.45, 2.75) is 0 Å². The van der Waals surface area contributed by atoms with Crippen LogP contribution in [0.3, 0.4) is 0 Å². The maximum atomic E-state index is 12.0. The van der Waals surface area contributed by atoms with Crippen LogP contribution in [0.1, 0.15) is 11.1 Å². The molecule has 150 valence electrons. The molecule has 0 heterocycles. The predicted octanol–water partition coefficient (Wildman–Crippen LogP) is 1.64. The lowest BCUT2D eigenvalue weighted by Gasteiger charge is -2.03. The molecule has 0 radical (unpaired) electrons. The van der Waals surface area contributed by atoms with Gasteiger partial charge in [0.25, 0.3) is 0 Å². The lowest BCUT2D eigenvalue weighted by molar-refractivity contribution is 0.368. The Morgan fingerprint density at radius 3 is 1.61 bits per heavy atom. The summed E-state index contributed by atoms with van der Waals surface area (Å²) >= 11 is 0. The molecule has 0 saturated carbocycles. The lowest BCUT2D eigenvalue weighted by Crippen LogP contribution is -2.11. The average Bonchev–Trinajstić information content (AvgIpc) is 2.58. The van der Waals surface area contributed by atoms with E-state index < -0.39 is 47.8 Å². The van der Waals surface area contributed by atoms with Crippen molar-refractivity contribution in [3.8, 4) is 28.7 Å². The minimum atomic E-state index is -4.23. The molecule has 9 nitrogen and oxygen atoms in total. The Morgan fingerprint density at radius 2 is 1.11 bits per heavy atom. The lowest BCUT2D eigenvalue weighted by atomic mass is 10.2. The molecule has 0 unspecified atom stereocenters. The van der Waals surface area contributed by atoms with Gasteiger partial charge in [0.05, 0.1) is 0 Å². The number of phenolic OH excluding ortho intramolecular Hbond substituents is 5. The molecule has 11 heteroatoms. The molecule has 0 fully saturated rings. The zero-order chi connectivity index (χ0) is 21.1. The first kappa shape index (κ1) is 21.1. The molecule has 0 aliphatic rings. The summed E-state index contributed by atoms with van der Waals surface area (Å²) in [4.78, 5) is 0. The minimum Gasteiger partial charge on any atom is -0.504 e. The number of benzene rings is 2. The van der Waals surface area contributed by atoms with Crippen LogP contribution >= 0.6 is 0 Å². The molecule has 2 aromatic rings. The van der Waals surface area contributed by atoms with Crippen molar-refractivity contribution in [3.05, 3.63) is 52.3 Å². The summed E-state index contributed by atoms with van der Waals surface area (Å²) in [6.45, 7) is 0. The largest absolute Gasteiger partial charge is 0.504 e. The summed E-state index contributed by atoms with van der Waals surface area (Å²) in [6.07, 6.45) is 2.01. The zero-order valence-corrected chi connectivity index (χ0v) is 15.7. The van der Waals surface area contributed by atoms with Crippen molar-refractivity contribution >= 4 is 31.8 Å². The highest BCUT2D eigenvalue weighted by atomic mass is 32.3. The van der Waals surface area contributed by atoms with Crippen LogP contribution in [0.2, 0.25) is 0 Å². The van der Waals surface area contributed by atoms with Crippen LogP contribution in [0.5, 0.6) is 28.7 Å². The summed E-state index contributed by atoms with van der Waals surface area (Å²) in [7, 11) is -8.42. The monoisotopic (exact) mass is 428 g/mol. The minimum absolute atomic E-state index is 0.0175. The normalized spacial score (nSPS) is 12.7. The number of rotatable bonds is 6. The Kier molecular flexibility index (Phi) is 5.90. The molecule has 0 amide bonds. The van der Waals surface area contributed by atoms with Gasteiger partial charge in [0.1, 0.15) is 0 Å². The van der Waals surface area contributed by atoms with Gasteiger partial charge in [-0.1, -0.05) is 6.07 Å². The number of hydrogen-bond donors (Lipinski definition) is 5. The van der Waals surface area contributed by atoms with Crippen molar-refractivity contribution < 1.29 is 42.4 Å². The Labute approximate surface area is 160 Å². The second kappa shape index (κ2) is 7.82. The van der Waals surface area contributed by atoms with Crippen LogP contribution in [-0.2, 0) is 19.7 Å². The summed E-state index contributed by atoms with van der Waals surface area (Å²) in [5, 5.41) is 46.6. The second-order valence-electron chi connectivity index (χ2n) is 5.70. The third-order valence-electron chi connectivity index (χ3n) is 3.36. The SMILES string of the molecule is O=S(=O)(/C=C/c1ccc(O)c(O)c1)CS(=O)(=O)/C=C/c1cc(O)c(O)c(O)c1. The maximum Gasteiger partial charge on any atom is 0.200 e. The van der Waals surface area contributed by atoms with Gasteiger partial charge in [-0.2, -0.15) is 0 Å². The van der Waals surface area contributed by atoms with Gasteiger partial charge < -0.3 is 25.5 Å². The van der Waals surface area contributed by atoms with E-state index in [-0.39, 0.29) is 16.9 Å². The van der Waals surface area contributed by atoms with Gasteiger partial charge in [-0.25, -0.2) is 16.8 Å². The average molecular weight is 428 g/mol. The first-order valence-corrected chi connectivity index (χ1v) is 10.9. The van der Waals surface area contributed by atoms with Gasteiger partial charge in [0.2, 0.25) is 0 Å². The third-order valence-corrected chi connectivity index (χ3v) is 7.09. The highest BCUT2D eigenvalue weighted by molar-refractivity contribution is 8.10. The van der Waals surface area contributed by atoms with Crippen molar-refractivity contribution in [3.63, 3.8) is 0 Å². The molecule has 2 aromatic carbocycles. The van der Waals surface area contributed by atoms with E-state index in [1.54, 1.807) is 0 Å². The molecular weight excluding hydrogens is 412 g/mol. The second-order valence-corrected chi connectivity index (χ2v) is 9.84. The fourth-order valence-electron chi connectivity index (χ4n) is 2.04. The van der Waals surface area contributed by atoms with E-state index in [1.165, 1.54) is 6.07 Å². The van der Waals surface area contributed by atoms with Gasteiger partial charge in [-0.15, -0.1) is 0 Å². The van der Waals surface area contributed by atoms with Crippen molar-refractivity contribution in [1.82, 2.24) is 0 Å². The Bertz CT molecular complexity index is 1140. The molecule has 0 spiro atoms. The molecule has 28 heavy (non-hydrogen) atoms. The van der Waals surface area contributed by atoms with Crippen molar-refractivity contribution in [2.24, 2.45) is 0 Å². The maximum absolute atomic E-state index is 12.0. The Hall–Kier alpha value is -3.18. The van der Waals surface area contributed by atoms with Crippen LogP contribution in [-0.4, -0.2) is 47.5 Å². The van der Waals surface area contributed by atoms with Gasteiger partial charge in [0, 0.05) is 10.8 Å². The first-order chi connectivity index (χ1) is 12.9. The number of phenols is 5. The standard InChI is InChI=1S/C17H16O9S2/c18-13-2-1-11(7-14(13)19)3-5-27(23,24)10-28(25,26)6-4-12-8-15(20)17(22)16(21)9-12/h1-9,18-22H,10H2/b5-3+,6-4+. The highest BCUT2D eigenvalue weighted by Crippen LogP contribution is 2.35. The molecule has 0 saturated heterocycles. The van der Waals surface area contributed by atoms with Gasteiger partial charge in [-0.3, -0.25) is 0 Å². The third kappa shape index (κ3) is 5.66. The van der Waals surface area contributed by atoms with Crippen LogP contribution in [0.25, 0.3) is 12.2 Å². The molecule has 0 bridgehead atoms. The van der Waals surface area contributed by atoms with E-state index in [4.69, 9.17) is 0 Å². The van der Waals surface area contributed by atoms with Crippen LogP contribution < -0.4 is 0 Å². The molecule has 5 N–H and O–H groups in total. The number of sulfone groups is 2. The number of aromatic hydroxyl groups is 5. The molecular formula is C17H16O9S2. The highest BCUT2D eigenvalue weighted by Gasteiger charge is 2.18. The molecule has 0 atom stereocenters. The fraction of sp³-hybridized carbons (Fsp3) is 0.0588. The predicted molar refractivity (Wildman–Crippen MR) is 102 cm³/mol. The Balaban J connectivity index is 2.17. The quantitative estimate of drug-likeness (QED) is 0.429. The van der Waals surface area contributed by atoms with Gasteiger partial charge in [0.15, 0.2) is 53.5 Å². The van der Waals surface area contributed by atoms with E-state index in [2.05, 4.69) is 0 Å². The van der Waals surface area contributed by atoms with E-state index in [0.29, 0.717) is 10.8 Å². The van der Waals surface area contributed by atoms with Crippen LogP contribution in [0, 0.1) is 0 Å². The van der Waals surface area contributed by atoms with E-state index >= 15 is 0 Å². The van der Waals surface area contributed by atoms with Crippen molar-refractivity contribution in [1.29, 1.82) is 0 Å². The van der Waals surface area contributed by atoms with E-state index in [1.807, 2.05) is 0 Å². The van der Waals surface area contributed by atoms with Crippen LogP contribution in [0.15, 0.2) is 41.1 Å². The summed E-state index contributed by atoms with van der Waals surface area (Å²) in [6, 6.07) is 5.52. The molecule has 2 rings (SSSR count). The summed E-state index contributed by atoms with van der Waals surface area (Å²) in [5.74, 6) is -2.97. The van der Waals surface area contributed by atoms with Crippen molar-refractivity contribution in [2.75, 3.05) is 5.08 Å². The Morgan fingerprint density at radius 1 is 0.643 bits per heavy atom. The van der Waals surface area contributed by atoms with Gasteiger partial charge >= 0.3 is 0 Å². The van der Waals surface area contributed by atoms with Gasteiger partial charge in [-0.05, 0) is 47.5 Å². The van der Waals surface area contributed by atoms with E-state index in [0.717, 1.165) is 36.4 Å².